The fraction of sp³-hybridized carbons (Fsp3) is 0. The maximum atomic E-state index is 10.4. The predicted octanol–water partition coefficient (Wildman–Crippen LogP) is 0.755. The van der Waals surface area contributed by atoms with Gasteiger partial charge in [0.2, 0.25) is 5.75 Å². The zero-order chi connectivity index (χ0) is 10.7. The van der Waals surface area contributed by atoms with Crippen molar-refractivity contribution in [2.24, 2.45) is 5.90 Å². The molecule has 1 aromatic rings. The molecule has 0 spiro atoms. The van der Waals surface area contributed by atoms with E-state index in [4.69, 9.17) is 5.90 Å². The fourth-order valence-electron chi connectivity index (χ4n) is 0.862. The molecule has 1 aromatic carbocycles. The van der Waals surface area contributed by atoms with Crippen LogP contribution in [0.3, 0.4) is 0 Å². The Labute approximate surface area is 77.1 Å². The third-order valence-corrected chi connectivity index (χ3v) is 1.48. The number of hydrogen-bond acceptors (Lipinski definition) is 6. The SMILES string of the molecule is NOc1cc([N+](=O)[O-])ccc1[N+](=O)[O-]. The molecule has 8 heteroatoms. The van der Waals surface area contributed by atoms with Crippen molar-refractivity contribution in [2.45, 2.75) is 0 Å². The van der Waals surface area contributed by atoms with Gasteiger partial charge >= 0.3 is 5.69 Å². The second-order valence-corrected chi connectivity index (χ2v) is 2.28. The Hall–Kier alpha value is -2.22. The number of rotatable bonds is 3. The van der Waals surface area contributed by atoms with Crippen molar-refractivity contribution in [3.05, 3.63) is 38.4 Å². The van der Waals surface area contributed by atoms with Crippen LogP contribution in [0.15, 0.2) is 18.2 Å². The number of nitrogens with two attached hydrogens (primary N) is 1. The van der Waals surface area contributed by atoms with E-state index in [0.29, 0.717) is 0 Å². The van der Waals surface area contributed by atoms with Crippen molar-refractivity contribution < 1.29 is 14.7 Å². The van der Waals surface area contributed by atoms with E-state index in [1.165, 1.54) is 0 Å². The molecule has 8 nitrogen and oxygen atoms in total. The lowest BCUT2D eigenvalue weighted by Gasteiger charge is -1.99. The van der Waals surface area contributed by atoms with Crippen molar-refractivity contribution in [2.75, 3.05) is 0 Å². The van der Waals surface area contributed by atoms with E-state index in [1.807, 2.05) is 0 Å². The molecule has 0 saturated heterocycles. The van der Waals surface area contributed by atoms with Crippen molar-refractivity contribution in [1.29, 1.82) is 0 Å². The molecule has 0 aromatic heterocycles. The minimum absolute atomic E-state index is 0.323. The van der Waals surface area contributed by atoms with Gasteiger partial charge in [-0.2, -0.15) is 5.90 Å². The van der Waals surface area contributed by atoms with E-state index in [9.17, 15) is 20.2 Å². The highest BCUT2D eigenvalue weighted by molar-refractivity contribution is 5.52. The summed E-state index contributed by atoms with van der Waals surface area (Å²) in [6.07, 6.45) is 0. The third-order valence-electron chi connectivity index (χ3n) is 1.48. The Morgan fingerprint density at radius 2 is 1.86 bits per heavy atom. The van der Waals surface area contributed by atoms with Gasteiger partial charge < -0.3 is 4.84 Å². The molecule has 0 saturated carbocycles. The first kappa shape index (κ1) is 9.86. The van der Waals surface area contributed by atoms with Gasteiger partial charge in [0, 0.05) is 12.1 Å². The van der Waals surface area contributed by atoms with E-state index >= 15 is 0 Å². The standard InChI is InChI=1S/C6H5N3O5/c7-14-6-3-4(8(10)11)1-2-5(6)9(12)13/h1-3H,7H2. The number of non-ortho nitro benzene ring substituents is 1. The summed E-state index contributed by atoms with van der Waals surface area (Å²) < 4.78 is 0. The smallest absolute Gasteiger partial charge is 0.314 e. The molecule has 74 valence electrons. The molecule has 1 rings (SSSR count). The minimum Gasteiger partial charge on any atom is -0.404 e. The van der Waals surface area contributed by atoms with Crippen molar-refractivity contribution in [3.63, 3.8) is 0 Å². The van der Waals surface area contributed by atoms with Gasteiger partial charge in [0.15, 0.2) is 0 Å². The maximum absolute atomic E-state index is 10.4. The molecule has 0 aliphatic carbocycles. The van der Waals surface area contributed by atoms with Crippen LogP contribution in [0.1, 0.15) is 0 Å². The molecule has 0 bridgehead atoms. The van der Waals surface area contributed by atoms with Crippen molar-refractivity contribution in [1.82, 2.24) is 0 Å². The van der Waals surface area contributed by atoms with Gasteiger partial charge in [0.1, 0.15) is 0 Å². The first-order valence-electron chi connectivity index (χ1n) is 3.36. The second kappa shape index (κ2) is 3.66. The van der Waals surface area contributed by atoms with Crippen LogP contribution in [0, 0.1) is 20.2 Å². The van der Waals surface area contributed by atoms with Gasteiger partial charge in [-0.05, 0) is 0 Å². The van der Waals surface area contributed by atoms with Crippen LogP contribution in [0.25, 0.3) is 0 Å². The lowest BCUT2D eigenvalue weighted by Crippen LogP contribution is -2.05. The van der Waals surface area contributed by atoms with Crippen LogP contribution in [0.2, 0.25) is 0 Å². The molecule has 0 aliphatic heterocycles. The van der Waals surface area contributed by atoms with E-state index < -0.39 is 15.5 Å². The topological polar surface area (TPSA) is 122 Å². The Bertz CT molecular complexity index is 391. The van der Waals surface area contributed by atoms with E-state index in [1.54, 1.807) is 0 Å². The molecule has 2 N–H and O–H groups in total. The highest BCUT2D eigenvalue weighted by Gasteiger charge is 2.19. The number of nitro groups is 2. The average Bonchev–Trinajstić information content (AvgIpc) is 2.16. The second-order valence-electron chi connectivity index (χ2n) is 2.28. The Kier molecular flexibility index (Phi) is 2.58. The van der Waals surface area contributed by atoms with Gasteiger partial charge in [-0.15, -0.1) is 0 Å². The monoisotopic (exact) mass is 199 g/mol. The fourth-order valence-corrected chi connectivity index (χ4v) is 0.862. The van der Waals surface area contributed by atoms with Gasteiger partial charge in [-0.3, -0.25) is 20.2 Å². The number of benzene rings is 1. The normalized spacial score (nSPS) is 9.50. The number of nitro benzene ring substituents is 2. The Morgan fingerprint density at radius 1 is 1.21 bits per heavy atom. The van der Waals surface area contributed by atoms with Crippen LogP contribution in [-0.2, 0) is 0 Å². The summed E-state index contributed by atoms with van der Waals surface area (Å²) in [5.41, 5.74) is -0.742. The van der Waals surface area contributed by atoms with Gasteiger partial charge in [0.05, 0.1) is 15.9 Å². The van der Waals surface area contributed by atoms with Gasteiger partial charge in [0.25, 0.3) is 5.69 Å². The van der Waals surface area contributed by atoms with Crippen LogP contribution in [0.5, 0.6) is 5.75 Å². The summed E-state index contributed by atoms with van der Waals surface area (Å²) >= 11 is 0. The molecule has 0 radical (unpaired) electrons. The van der Waals surface area contributed by atoms with E-state index in [2.05, 4.69) is 4.84 Å². The molecule has 0 fully saturated rings. The molecule has 14 heavy (non-hydrogen) atoms. The molecule has 0 unspecified atom stereocenters. The molecule has 0 heterocycles. The molecule has 0 amide bonds. The number of hydrogen-bond donors (Lipinski definition) is 1. The van der Waals surface area contributed by atoms with Gasteiger partial charge in [-0.1, -0.05) is 0 Å². The van der Waals surface area contributed by atoms with Gasteiger partial charge in [-0.25, -0.2) is 0 Å². The maximum Gasteiger partial charge on any atom is 0.314 e. The first-order chi connectivity index (χ1) is 6.56. The first-order valence-corrected chi connectivity index (χ1v) is 3.36. The molecule has 0 atom stereocenters. The summed E-state index contributed by atoms with van der Waals surface area (Å²) in [7, 11) is 0. The highest BCUT2D eigenvalue weighted by Crippen LogP contribution is 2.29. The Morgan fingerprint density at radius 3 is 2.29 bits per heavy atom. The third kappa shape index (κ3) is 1.75. The van der Waals surface area contributed by atoms with Crippen LogP contribution < -0.4 is 10.7 Å². The zero-order valence-corrected chi connectivity index (χ0v) is 6.75. The largest absolute Gasteiger partial charge is 0.404 e. The van der Waals surface area contributed by atoms with E-state index in [-0.39, 0.29) is 11.4 Å². The lowest BCUT2D eigenvalue weighted by atomic mass is 10.2. The highest BCUT2D eigenvalue weighted by atomic mass is 16.6. The van der Waals surface area contributed by atoms with Crippen molar-refractivity contribution in [3.8, 4) is 5.75 Å². The molecular weight excluding hydrogens is 194 g/mol. The minimum atomic E-state index is -0.744. The summed E-state index contributed by atoms with van der Waals surface area (Å²) in [5.74, 6) is 4.39. The number of nitrogens with zero attached hydrogens (tertiary/aromatic N) is 2. The summed E-state index contributed by atoms with van der Waals surface area (Å²) in [4.78, 5) is 23.4. The summed E-state index contributed by atoms with van der Waals surface area (Å²) in [5, 5.41) is 20.7. The molecule has 0 aliphatic rings. The predicted molar refractivity (Wildman–Crippen MR) is 44.6 cm³/mol. The van der Waals surface area contributed by atoms with Crippen LogP contribution >= 0.6 is 0 Å². The Balaban J connectivity index is 3.25. The van der Waals surface area contributed by atoms with Crippen molar-refractivity contribution >= 4 is 11.4 Å². The van der Waals surface area contributed by atoms with E-state index in [0.717, 1.165) is 18.2 Å². The average molecular weight is 199 g/mol. The van der Waals surface area contributed by atoms with Crippen LogP contribution in [0.4, 0.5) is 11.4 Å². The summed E-state index contributed by atoms with van der Waals surface area (Å²) in [6, 6.07) is 2.85. The molecular formula is C6H5N3O5. The lowest BCUT2D eigenvalue weighted by molar-refractivity contribution is -0.390. The summed E-state index contributed by atoms with van der Waals surface area (Å²) in [6.45, 7) is 0. The van der Waals surface area contributed by atoms with Crippen LogP contribution in [-0.4, -0.2) is 9.85 Å². The zero-order valence-electron chi connectivity index (χ0n) is 6.75. The quantitative estimate of drug-likeness (QED) is 0.566.